The van der Waals surface area contributed by atoms with Gasteiger partial charge < -0.3 is 10.6 Å². The fraction of sp³-hybridized carbons (Fsp3) is 0.462. The lowest BCUT2D eigenvalue weighted by molar-refractivity contribution is -0.384. The Morgan fingerprint density at radius 2 is 2.30 bits per heavy atom. The molecule has 108 valence electrons. The number of hydrogen-bond donors (Lipinski definition) is 1. The second-order valence-corrected chi connectivity index (χ2v) is 5.24. The van der Waals surface area contributed by atoms with Gasteiger partial charge in [0.1, 0.15) is 0 Å². The summed E-state index contributed by atoms with van der Waals surface area (Å²) in [5.41, 5.74) is 6.17. The second-order valence-electron chi connectivity index (χ2n) is 4.83. The van der Waals surface area contributed by atoms with Crippen molar-refractivity contribution in [2.45, 2.75) is 25.3 Å². The van der Waals surface area contributed by atoms with Gasteiger partial charge in [0.25, 0.3) is 5.69 Å². The van der Waals surface area contributed by atoms with Crippen molar-refractivity contribution in [2.75, 3.05) is 13.1 Å². The predicted octanol–water partition coefficient (Wildman–Crippen LogP) is 1.74. The lowest BCUT2D eigenvalue weighted by atomic mass is 10.1. The van der Waals surface area contributed by atoms with Crippen molar-refractivity contribution >= 4 is 23.2 Å². The van der Waals surface area contributed by atoms with E-state index in [1.807, 2.05) is 0 Å². The topological polar surface area (TPSA) is 89.5 Å². The quantitative estimate of drug-likeness (QED) is 0.677. The first-order valence-corrected chi connectivity index (χ1v) is 6.83. The molecule has 1 aliphatic rings. The molecule has 1 aliphatic heterocycles. The Bertz CT molecular complexity index is 536. The maximum Gasteiger partial charge on any atom is 0.270 e. The molecule has 1 aromatic carbocycles. The highest BCUT2D eigenvalue weighted by atomic mass is 35.5. The largest absolute Gasteiger partial charge is 0.338 e. The molecule has 1 aromatic rings. The van der Waals surface area contributed by atoms with Crippen LogP contribution in [0.4, 0.5) is 5.69 Å². The third-order valence-corrected chi connectivity index (χ3v) is 3.91. The lowest BCUT2D eigenvalue weighted by Crippen LogP contribution is -2.40. The summed E-state index contributed by atoms with van der Waals surface area (Å²) in [6.07, 6.45) is 2.03. The van der Waals surface area contributed by atoms with E-state index in [2.05, 4.69) is 0 Å². The lowest BCUT2D eigenvalue weighted by Gasteiger charge is -2.23. The molecule has 1 unspecified atom stereocenters. The zero-order valence-electron chi connectivity index (χ0n) is 10.9. The molecule has 0 bridgehead atoms. The van der Waals surface area contributed by atoms with Crippen molar-refractivity contribution < 1.29 is 9.72 Å². The van der Waals surface area contributed by atoms with E-state index >= 15 is 0 Å². The van der Waals surface area contributed by atoms with Gasteiger partial charge in [0.2, 0.25) is 5.91 Å². The molecule has 1 fully saturated rings. The number of amides is 1. The smallest absolute Gasteiger partial charge is 0.270 e. The molecular weight excluding hydrogens is 282 g/mol. The van der Waals surface area contributed by atoms with Crippen LogP contribution in [0.3, 0.4) is 0 Å². The maximum atomic E-state index is 12.2. The number of rotatable bonds is 4. The van der Waals surface area contributed by atoms with Crippen LogP contribution in [0.25, 0.3) is 0 Å². The van der Waals surface area contributed by atoms with Crippen molar-refractivity contribution in [1.29, 1.82) is 0 Å². The Balaban J connectivity index is 2.10. The van der Waals surface area contributed by atoms with Crippen molar-refractivity contribution in [2.24, 2.45) is 5.73 Å². The van der Waals surface area contributed by atoms with Crippen LogP contribution in [-0.2, 0) is 11.2 Å². The van der Waals surface area contributed by atoms with E-state index in [0.29, 0.717) is 18.7 Å². The summed E-state index contributed by atoms with van der Waals surface area (Å²) in [6.45, 7) is 1.17. The van der Waals surface area contributed by atoms with Gasteiger partial charge in [0.15, 0.2) is 0 Å². The summed E-state index contributed by atoms with van der Waals surface area (Å²) >= 11 is 5.99. The number of halogens is 1. The van der Waals surface area contributed by atoms with Crippen molar-refractivity contribution in [1.82, 2.24) is 4.90 Å². The number of likely N-dealkylation sites (tertiary alicyclic amines) is 1. The van der Waals surface area contributed by atoms with Gasteiger partial charge in [-0.3, -0.25) is 14.9 Å². The number of nitrogens with zero attached hydrogens (tertiary/aromatic N) is 2. The summed E-state index contributed by atoms with van der Waals surface area (Å²) in [5.74, 6) is -0.0336. The molecule has 0 spiro atoms. The van der Waals surface area contributed by atoms with Crippen molar-refractivity contribution in [3.8, 4) is 0 Å². The Kier molecular flexibility index (Phi) is 4.57. The van der Waals surface area contributed by atoms with E-state index in [1.165, 1.54) is 18.2 Å². The summed E-state index contributed by atoms with van der Waals surface area (Å²) in [7, 11) is 0. The number of carbonyl (C=O) groups is 1. The number of nitrogens with two attached hydrogens (primary N) is 1. The first-order valence-electron chi connectivity index (χ1n) is 6.45. The van der Waals surface area contributed by atoms with Crippen LogP contribution in [0.5, 0.6) is 0 Å². The minimum atomic E-state index is -0.512. The Labute approximate surface area is 121 Å². The molecule has 6 nitrogen and oxygen atoms in total. The summed E-state index contributed by atoms with van der Waals surface area (Å²) in [5, 5.41) is 10.9. The predicted molar refractivity (Wildman–Crippen MR) is 75.6 cm³/mol. The van der Waals surface area contributed by atoms with E-state index in [1.54, 1.807) is 4.90 Å². The molecule has 1 amide bonds. The summed E-state index contributed by atoms with van der Waals surface area (Å²) in [4.78, 5) is 24.1. The third-order valence-electron chi connectivity index (χ3n) is 3.56. The van der Waals surface area contributed by atoms with Gasteiger partial charge >= 0.3 is 0 Å². The van der Waals surface area contributed by atoms with Crippen LogP contribution in [0.1, 0.15) is 18.4 Å². The molecule has 0 aromatic heterocycles. The van der Waals surface area contributed by atoms with E-state index in [0.717, 1.165) is 12.8 Å². The Morgan fingerprint density at radius 3 is 2.90 bits per heavy atom. The SMILES string of the molecule is NCC1CCCN1C(=O)Cc1ccc([N+](=O)[O-])cc1Cl. The highest BCUT2D eigenvalue weighted by Crippen LogP contribution is 2.24. The number of nitro groups is 1. The molecule has 0 radical (unpaired) electrons. The van der Waals surface area contributed by atoms with Crippen LogP contribution < -0.4 is 5.73 Å². The van der Waals surface area contributed by atoms with E-state index < -0.39 is 4.92 Å². The third kappa shape index (κ3) is 3.08. The molecule has 20 heavy (non-hydrogen) atoms. The molecule has 1 atom stereocenters. The standard InChI is InChI=1S/C13H16ClN3O3/c14-12-7-10(17(19)20)4-3-9(12)6-13(18)16-5-1-2-11(16)8-15/h3-4,7,11H,1-2,5-6,8,15H2. The normalized spacial score (nSPS) is 18.3. The van der Waals surface area contributed by atoms with E-state index in [4.69, 9.17) is 17.3 Å². The van der Waals surface area contributed by atoms with Gasteiger partial charge in [0, 0.05) is 31.3 Å². The number of carbonyl (C=O) groups excluding carboxylic acids is 1. The number of hydrogen-bond acceptors (Lipinski definition) is 4. The molecule has 0 aliphatic carbocycles. The monoisotopic (exact) mass is 297 g/mol. The van der Waals surface area contributed by atoms with Gasteiger partial charge in [-0.1, -0.05) is 17.7 Å². The average Bonchev–Trinajstić information content (AvgIpc) is 2.89. The number of non-ortho nitro benzene ring substituents is 1. The molecule has 0 saturated carbocycles. The van der Waals surface area contributed by atoms with Crippen LogP contribution in [0.15, 0.2) is 18.2 Å². The molecule has 1 saturated heterocycles. The highest BCUT2D eigenvalue weighted by Gasteiger charge is 2.27. The van der Waals surface area contributed by atoms with Crippen molar-refractivity contribution in [3.63, 3.8) is 0 Å². The zero-order valence-corrected chi connectivity index (χ0v) is 11.7. The average molecular weight is 298 g/mol. The summed E-state index contributed by atoms with van der Waals surface area (Å²) < 4.78 is 0. The van der Waals surface area contributed by atoms with Gasteiger partial charge in [-0.25, -0.2) is 0 Å². The molecule has 2 N–H and O–H groups in total. The van der Waals surface area contributed by atoms with E-state index in [-0.39, 0.29) is 29.1 Å². The van der Waals surface area contributed by atoms with Gasteiger partial charge in [-0.15, -0.1) is 0 Å². The Morgan fingerprint density at radius 1 is 1.55 bits per heavy atom. The van der Waals surface area contributed by atoms with Crippen molar-refractivity contribution in [3.05, 3.63) is 38.9 Å². The maximum absolute atomic E-state index is 12.2. The van der Waals surface area contributed by atoms with Crippen LogP contribution in [-0.4, -0.2) is 34.9 Å². The first-order chi connectivity index (χ1) is 9.52. The van der Waals surface area contributed by atoms with E-state index in [9.17, 15) is 14.9 Å². The second kappa shape index (κ2) is 6.19. The van der Waals surface area contributed by atoms with Crippen LogP contribution in [0.2, 0.25) is 5.02 Å². The fourth-order valence-electron chi connectivity index (χ4n) is 2.47. The minimum Gasteiger partial charge on any atom is -0.338 e. The number of nitro benzene ring substituents is 1. The molecule has 1 heterocycles. The molecule has 2 rings (SSSR count). The van der Waals surface area contributed by atoms with Gasteiger partial charge in [-0.2, -0.15) is 0 Å². The summed E-state index contributed by atoms with van der Waals surface area (Å²) in [6, 6.07) is 4.26. The highest BCUT2D eigenvalue weighted by molar-refractivity contribution is 6.31. The number of benzene rings is 1. The Hall–Kier alpha value is -1.66. The van der Waals surface area contributed by atoms with Crippen LogP contribution >= 0.6 is 11.6 Å². The van der Waals surface area contributed by atoms with Gasteiger partial charge in [-0.05, 0) is 18.4 Å². The molecular formula is C13H16ClN3O3. The molecule has 7 heteroatoms. The van der Waals surface area contributed by atoms with Gasteiger partial charge in [0.05, 0.1) is 16.4 Å². The zero-order chi connectivity index (χ0) is 14.7. The van der Waals surface area contributed by atoms with Crippen LogP contribution in [0, 0.1) is 10.1 Å². The first kappa shape index (κ1) is 14.7. The fourth-order valence-corrected chi connectivity index (χ4v) is 2.71. The minimum absolute atomic E-state index is 0.0336.